The molecule has 0 bridgehead atoms. The second-order valence-corrected chi connectivity index (χ2v) is 4.72. The van der Waals surface area contributed by atoms with E-state index < -0.39 is 0 Å². The van der Waals surface area contributed by atoms with Gasteiger partial charge >= 0.3 is 0 Å². The maximum absolute atomic E-state index is 12.2. The van der Waals surface area contributed by atoms with E-state index in [1.54, 1.807) is 13.3 Å². The van der Waals surface area contributed by atoms with Crippen LogP contribution in [-0.4, -0.2) is 18.0 Å². The highest BCUT2D eigenvalue weighted by Crippen LogP contribution is 2.30. The topological polar surface area (TPSA) is 51.2 Å². The predicted molar refractivity (Wildman–Crippen MR) is 81.0 cm³/mol. The molecule has 106 valence electrons. The zero-order valence-electron chi connectivity index (χ0n) is 12.1. The Labute approximate surface area is 119 Å². The van der Waals surface area contributed by atoms with Gasteiger partial charge in [-0.3, -0.25) is 9.78 Å². The zero-order chi connectivity index (χ0) is 14.5. The lowest BCUT2D eigenvalue weighted by atomic mass is 10.0. The van der Waals surface area contributed by atoms with Crippen molar-refractivity contribution in [3.8, 4) is 5.75 Å². The van der Waals surface area contributed by atoms with Crippen LogP contribution >= 0.6 is 0 Å². The Morgan fingerprint density at radius 1 is 1.30 bits per heavy atom. The number of methoxy groups -OCH3 is 1. The van der Waals surface area contributed by atoms with Crippen LogP contribution in [0, 0.1) is 5.92 Å². The summed E-state index contributed by atoms with van der Waals surface area (Å²) in [4.78, 5) is 16.5. The number of ether oxygens (including phenoxy) is 1. The van der Waals surface area contributed by atoms with Gasteiger partial charge in [0.05, 0.1) is 12.8 Å². The molecule has 1 amide bonds. The number of carbonyl (C=O) groups is 1. The largest absolute Gasteiger partial charge is 0.494 e. The van der Waals surface area contributed by atoms with E-state index in [0.717, 1.165) is 29.4 Å². The van der Waals surface area contributed by atoms with Gasteiger partial charge in [0, 0.05) is 17.5 Å². The van der Waals surface area contributed by atoms with Crippen LogP contribution in [0.25, 0.3) is 10.9 Å². The number of hydrogen-bond donors (Lipinski definition) is 1. The van der Waals surface area contributed by atoms with Crippen molar-refractivity contribution in [2.24, 2.45) is 5.92 Å². The van der Waals surface area contributed by atoms with E-state index in [9.17, 15) is 4.79 Å². The molecular weight excluding hydrogens is 252 g/mol. The molecule has 1 aromatic carbocycles. The number of pyridine rings is 1. The quantitative estimate of drug-likeness (QED) is 0.904. The maximum Gasteiger partial charge on any atom is 0.227 e. The molecule has 0 atom stereocenters. The Hall–Kier alpha value is -2.10. The zero-order valence-corrected chi connectivity index (χ0v) is 12.1. The summed E-state index contributed by atoms with van der Waals surface area (Å²) in [6.45, 7) is 4.06. The molecule has 4 nitrogen and oxygen atoms in total. The first-order valence-corrected chi connectivity index (χ1v) is 6.93. The third kappa shape index (κ3) is 2.74. The SMILES string of the molecule is CCC(CC)C(=O)Nc1ccc(OC)c2ncccc12. The lowest BCUT2D eigenvalue weighted by molar-refractivity contribution is -0.120. The lowest BCUT2D eigenvalue weighted by Crippen LogP contribution is -2.21. The molecule has 0 saturated heterocycles. The van der Waals surface area contributed by atoms with Crippen molar-refractivity contribution in [1.29, 1.82) is 0 Å². The lowest BCUT2D eigenvalue weighted by Gasteiger charge is -2.15. The minimum absolute atomic E-state index is 0.0452. The normalized spacial score (nSPS) is 10.8. The number of anilines is 1. The van der Waals surface area contributed by atoms with E-state index in [4.69, 9.17) is 4.74 Å². The molecule has 0 spiro atoms. The Morgan fingerprint density at radius 3 is 2.70 bits per heavy atom. The van der Waals surface area contributed by atoms with Gasteiger partial charge in [0.25, 0.3) is 0 Å². The standard InChI is InChI=1S/C16H20N2O2/c1-4-11(5-2)16(19)18-13-8-9-14(20-3)15-12(13)7-6-10-17-15/h6-11H,4-5H2,1-3H3,(H,18,19). The van der Waals surface area contributed by atoms with Crippen LogP contribution in [0.15, 0.2) is 30.5 Å². The summed E-state index contributed by atoms with van der Waals surface area (Å²) >= 11 is 0. The second-order valence-electron chi connectivity index (χ2n) is 4.72. The van der Waals surface area contributed by atoms with Gasteiger partial charge in [0.2, 0.25) is 5.91 Å². The van der Waals surface area contributed by atoms with Gasteiger partial charge in [-0.05, 0) is 37.1 Å². The second kappa shape index (κ2) is 6.37. The number of amides is 1. The number of aromatic nitrogens is 1. The highest BCUT2D eigenvalue weighted by Gasteiger charge is 2.16. The molecule has 0 aliphatic heterocycles. The molecule has 1 heterocycles. The van der Waals surface area contributed by atoms with Gasteiger partial charge in [-0.15, -0.1) is 0 Å². The van der Waals surface area contributed by atoms with Crippen LogP contribution in [0.5, 0.6) is 5.75 Å². The third-order valence-corrected chi connectivity index (χ3v) is 3.57. The van der Waals surface area contributed by atoms with E-state index in [2.05, 4.69) is 10.3 Å². The molecule has 1 aromatic heterocycles. The fourth-order valence-corrected chi connectivity index (χ4v) is 2.31. The number of nitrogens with one attached hydrogen (secondary N) is 1. The number of carbonyl (C=O) groups excluding carboxylic acids is 1. The van der Waals surface area contributed by atoms with E-state index >= 15 is 0 Å². The number of rotatable bonds is 5. The Balaban J connectivity index is 2.38. The molecule has 0 fully saturated rings. The van der Waals surface area contributed by atoms with Gasteiger partial charge in [0.15, 0.2) is 0 Å². The molecule has 0 saturated carbocycles. The maximum atomic E-state index is 12.2. The minimum Gasteiger partial charge on any atom is -0.494 e. The fourth-order valence-electron chi connectivity index (χ4n) is 2.31. The highest BCUT2D eigenvalue weighted by molar-refractivity contribution is 6.03. The Morgan fingerprint density at radius 2 is 2.05 bits per heavy atom. The molecule has 0 aliphatic carbocycles. The Kier molecular flexibility index (Phi) is 4.56. The number of benzene rings is 1. The smallest absolute Gasteiger partial charge is 0.227 e. The van der Waals surface area contributed by atoms with Gasteiger partial charge in [0.1, 0.15) is 11.3 Å². The van der Waals surface area contributed by atoms with E-state index in [1.807, 2.05) is 38.1 Å². The summed E-state index contributed by atoms with van der Waals surface area (Å²) < 4.78 is 5.30. The molecule has 0 radical (unpaired) electrons. The van der Waals surface area contributed by atoms with Crippen molar-refractivity contribution in [1.82, 2.24) is 4.98 Å². The summed E-state index contributed by atoms with van der Waals surface area (Å²) in [5, 5.41) is 3.90. The van der Waals surface area contributed by atoms with Crippen LogP contribution in [0.1, 0.15) is 26.7 Å². The first-order valence-electron chi connectivity index (χ1n) is 6.93. The minimum atomic E-state index is 0.0452. The van der Waals surface area contributed by atoms with Crippen LogP contribution in [0.3, 0.4) is 0 Å². The first kappa shape index (κ1) is 14.3. The molecule has 2 rings (SSSR count). The first-order chi connectivity index (χ1) is 9.71. The summed E-state index contributed by atoms with van der Waals surface area (Å²) in [6, 6.07) is 7.49. The number of nitrogens with zero attached hydrogens (tertiary/aromatic N) is 1. The van der Waals surface area contributed by atoms with Crippen molar-refractivity contribution < 1.29 is 9.53 Å². The van der Waals surface area contributed by atoms with Crippen molar-refractivity contribution in [2.45, 2.75) is 26.7 Å². The van der Waals surface area contributed by atoms with Gasteiger partial charge < -0.3 is 10.1 Å². The summed E-state index contributed by atoms with van der Waals surface area (Å²) in [6.07, 6.45) is 3.40. The van der Waals surface area contributed by atoms with E-state index in [0.29, 0.717) is 5.75 Å². The van der Waals surface area contributed by atoms with Gasteiger partial charge in [-0.1, -0.05) is 13.8 Å². The molecule has 0 aliphatic rings. The fraction of sp³-hybridized carbons (Fsp3) is 0.375. The Bertz CT molecular complexity index is 606. The van der Waals surface area contributed by atoms with Crippen LogP contribution < -0.4 is 10.1 Å². The molecule has 4 heteroatoms. The molecule has 0 unspecified atom stereocenters. The average Bonchev–Trinajstić information content (AvgIpc) is 2.49. The van der Waals surface area contributed by atoms with Gasteiger partial charge in [-0.25, -0.2) is 0 Å². The summed E-state index contributed by atoms with van der Waals surface area (Å²) in [5.41, 5.74) is 1.54. The van der Waals surface area contributed by atoms with Crippen LogP contribution in [0.2, 0.25) is 0 Å². The van der Waals surface area contributed by atoms with Crippen molar-refractivity contribution in [3.63, 3.8) is 0 Å². The van der Waals surface area contributed by atoms with E-state index in [1.165, 1.54) is 0 Å². The molecule has 20 heavy (non-hydrogen) atoms. The monoisotopic (exact) mass is 272 g/mol. The van der Waals surface area contributed by atoms with Crippen molar-refractivity contribution >= 4 is 22.5 Å². The van der Waals surface area contributed by atoms with Crippen molar-refractivity contribution in [2.75, 3.05) is 12.4 Å². The number of hydrogen-bond acceptors (Lipinski definition) is 3. The van der Waals surface area contributed by atoms with Crippen LogP contribution in [-0.2, 0) is 4.79 Å². The molecule has 1 N–H and O–H groups in total. The third-order valence-electron chi connectivity index (χ3n) is 3.57. The average molecular weight is 272 g/mol. The molecule has 2 aromatic rings. The highest BCUT2D eigenvalue weighted by atomic mass is 16.5. The van der Waals surface area contributed by atoms with E-state index in [-0.39, 0.29) is 11.8 Å². The summed E-state index contributed by atoms with van der Waals surface area (Å²) in [7, 11) is 1.62. The van der Waals surface area contributed by atoms with Crippen LogP contribution in [0.4, 0.5) is 5.69 Å². The van der Waals surface area contributed by atoms with Crippen molar-refractivity contribution in [3.05, 3.63) is 30.5 Å². The predicted octanol–water partition coefficient (Wildman–Crippen LogP) is 3.62. The van der Waals surface area contributed by atoms with Gasteiger partial charge in [-0.2, -0.15) is 0 Å². The summed E-state index contributed by atoms with van der Waals surface area (Å²) in [5.74, 6) is 0.815. The number of fused-ring (bicyclic) bond motifs is 1. The molecular formula is C16H20N2O2.